The predicted octanol–water partition coefficient (Wildman–Crippen LogP) is 4.39. The minimum Gasteiger partial charge on any atom is -0.492 e. The molecule has 1 heterocycles. The molecule has 7 heteroatoms. The number of benzene rings is 2. The van der Waals surface area contributed by atoms with Crippen molar-refractivity contribution in [2.24, 2.45) is 0 Å². The van der Waals surface area contributed by atoms with Crippen molar-refractivity contribution in [3.05, 3.63) is 45.9 Å². The predicted molar refractivity (Wildman–Crippen MR) is 110 cm³/mol. The highest BCUT2D eigenvalue weighted by Gasteiger charge is 2.22. The summed E-state index contributed by atoms with van der Waals surface area (Å²) in [6, 6.07) is 8.77. The summed E-state index contributed by atoms with van der Waals surface area (Å²) in [5.74, 6) is 1.21. The van der Waals surface area contributed by atoms with Gasteiger partial charge in [-0.3, -0.25) is 9.59 Å². The lowest BCUT2D eigenvalue weighted by atomic mass is 10.1. The Morgan fingerprint density at radius 1 is 1.21 bits per heavy atom. The van der Waals surface area contributed by atoms with Crippen molar-refractivity contribution in [1.29, 1.82) is 0 Å². The summed E-state index contributed by atoms with van der Waals surface area (Å²) in [5.41, 5.74) is 2.01. The molecule has 2 aromatic rings. The van der Waals surface area contributed by atoms with Crippen LogP contribution in [0.15, 0.2) is 34.8 Å². The second-order valence-electron chi connectivity index (χ2n) is 6.56. The van der Waals surface area contributed by atoms with Crippen molar-refractivity contribution >= 4 is 33.3 Å². The Morgan fingerprint density at radius 3 is 2.71 bits per heavy atom. The topological polar surface area (TPSA) is 73.9 Å². The average Bonchev–Trinajstić information content (AvgIpc) is 2.99. The van der Waals surface area contributed by atoms with E-state index in [-0.39, 0.29) is 24.4 Å². The maximum atomic E-state index is 12.4. The molecule has 0 radical (unpaired) electrons. The molecule has 28 heavy (non-hydrogen) atoms. The number of rotatable bonds is 7. The van der Waals surface area contributed by atoms with Crippen molar-refractivity contribution < 1.29 is 23.8 Å². The van der Waals surface area contributed by atoms with E-state index >= 15 is 0 Å². The molecule has 0 spiro atoms. The van der Waals surface area contributed by atoms with Gasteiger partial charge in [0.05, 0.1) is 17.9 Å². The number of nitrogens with one attached hydrogen (secondary N) is 1. The smallest absolute Gasteiger partial charge is 0.262 e. The van der Waals surface area contributed by atoms with Crippen LogP contribution in [0.25, 0.3) is 0 Å². The van der Waals surface area contributed by atoms with Crippen LogP contribution in [0.3, 0.4) is 0 Å². The SMILES string of the molecule is CCOc1cc2c(cc1NC(=O)COc1ccc(Br)cc1C(C)=O)O[C@H](C)C2. The van der Waals surface area contributed by atoms with E-state index in [1.165, 1.54) is 6.92 Å². The van der Waals surface area contributed by atoms with Crippen LogP contribution in [0, 0.1) is 0 Å². The van der Waals surface area contributed by atoms with Gasteiger partial charge < -0.3 is 19.5 Å². The van der Waals surface area contributed by atoms with Gasteiger partial charge in [-0.25, -0.2) is 0 Å². The van der Waals surface area contributed by atoms with Gasteiger partial charge in [0.15, 0.2) is 12.4 Å². The van der Waals surface area contributed by atoms with E-state index in [0.717, 1.165) is 22.2 Å². The van der Waals surface area contributed by atoms with Crippen LogP contribution >= 0.6 is 15.9 Å². The van der Waals surface area contributed by atoms with Crippen molar-refractivity contribution in [3.8, 4) is 17.2 Å². The number of halogens is 1. The molecule has 3 rings (SSSR count). The zero-order valence-electron chi connectivity index (χ0n) is 16.0. The summed E-state index contributed by atoms with van der Waals surface area (Å²) in [5, 5.41) is 2.81. The van der Waals surface area contributed by atoms with E-state index in [0.29, 0.717) is 29.4 Å². The number of ether oxygens (including phenoxy) is 3. The second-order valence-corrected chi connectivity index (χ2v) is 7.47. The Kier molecular flexibility index (Phi) is 6.24. The minimum atomic E-state index is -0.357. The van der Waals surface area contributed by atoms with Crippen LogP contribution in [0.4, 0.5) is 5.69 Å². The van der Waals surface area contributed by atoms with Crippen LogP contribution in [-0.2, 0) is 11.2 Å². The average molecular weight is 448 g/mol. The van der Waals surface area contributed by atoms with Crippen LogP contribution < -0.4 is 19.5 Å². The lowest BCUT2D eigenvalue weighted by Gasteiger charge is -2.14. The summed E-state index contributed by atoms with van der Waals surface area (Å²) in [6.07, 6.45) is 0.908. The van der Waals surface area contributed by atoms with Crippen molar-refractivity contribution in [3.63, 3.8) is 0 Å². The van der Waals surface area contributed by atoms with Gasteiger partial charge in [-0.1, -0.05) is 15.9 Å². The Morgan fingerprint density at radius 2 is 2.00 bits per heavy atom. The fourth-order valence-electron chi connectivity index (χ4n) is 3.04. The molecule has 0 fully saturated rings. The van der Waals surface area contributed by atoms with Crippen LogP contribution in [0.5, 0.6) is 17.2 Å². The largest absolute Gasteiger partial charge is 0.492 e. The van der Waals surface area contributed by atoms with Crippen LogP contribution in [-0.4, -0.2) is 31.0 Å². The first-order chi connectivity index (χ1) is 13.4. The van der Waals surface area contributed by atoms with Gasteiger partial charge in [-0.2, -0.15) is 0 Å². The highest BCUT2D eigenvalue weighted by Crippen LogP contribution is 2.38. The monoisotopic (exact) mass is 447 g/mol. The van der Waals surface area contributed by atoms with E-state index in [1.54, 1.807) is 24.3 Å². The van der Waals surface area contributed by atoms with Gasteiger partial charge >= 0.3 is 0 Å². The fraction of sp³-hybridized carbons (Fsp3) is 0.333. The fourth-order valence-corrected chi connectivity index (χ4v) is 3.41. The number of ketones is 1. The molecule has 0 aromatic heterocycles. The number of fused-ring (bicyclic) bond motifs is 1. The molecule has 0 saturated heterocycles. The summed E-state index contributed by atoms with van der Waals surface area (Å²) in [7, 11) is 0. The van der Waals surface area contributed by atoms with Crippen LogP contribution in [0.1, 0.15) is 36.7 Å². The number of amides is 1. The summed E-state index contributed by atoms with van der Waals surface area (Å²) >= 11 is 3.33. The normalized spacial score (nSPS) is 14.8. The Balaban J connectivity index is 1.72. The quantitative estimate of drug-likeness (QED) is 0.636. The van der Waals surface area contributed by atoms with Crippen LogP contribution in [0.2, 0.25) is 0 Å². The van der Waals surface area contributed by atoms with Gasteiger partial charge in [0, 0.05) is 22.5 Å². The summed E-state index contributed by atoms with van der Waals surface area (Å²) in [4.78, 5) is 24.2. The molecule has 148 valence electrons. The molecule has 1 atom stereocenters. The van der Waals surface area contributed by atoms with Gasteiger partial charge in [-0.15, -0.1) is 0 Å². The molecule has 0 bridgehead atoms. The zero-order valence-corrected chi connectivity index (χ0v) is 17.6. The molecule has 0 unspecified atom stereocenters. The first-order valence-electron chi connectivity index (χ1n) is 9.07. The van der Waals surface area contributed by atoms with Gasteiger partial charge in [-0.05, 0) is 45.0 Å². The Bertz CT molecular complexity index is 912. The third-order valence-electron chi connectivity index (χ3n) is 4.25. The Hall–Kier alpha value is -2.54. The lowest BCUT2D eigenvalue weighted by Crippen LogP contribution is -2.21. The molecule has 0 aliphatic carbocycles. The van der Waals surface area contributed by atoms with E-state index in [4.69, 9.17) is 14.2 Å². The molecule has 6 nitrogen and oxygen atoms in total. The van der Waals surface area contributed by atoms with Gasteiger partial charge in [0.1, 0.15) is 23.4 Å². The highest BCUT2D eigenvalue weighted by molar-refractivity contribution is 9.10. The first-order valence-corrected chi connectivity index (χ1v) is 9.86. The third kappa shape index (κ3) is 4.65. The summed E-state index contributed by atoms with van der Waals surface area (Å²) in [6.45, 7) is 5.58. The number of Topliss-reactive ketones (excluding diaryl/α,β-unsaturated/α-hetero) is 1. The molecule has 1 amide bonds. The standard InChI is InChI=1S/C21H22BrNO5/c1-4-26-20-8-14-7-12(2)28-19(14)10-17(20)23-21(25)11-27-18-6-5-15(22)9-16(18)13(3)24/h5-6,8-10,12H,4,7,11H2,1-3H3,(H,23,25)/t12-/m1/s1. The molecular weight excluding hydrogens is 426 g/mol. The number of anilines is 1. The van der Waals surface area contributed by atoms with Crippen molar-refractivity contribution in [1.82, 2.24) is 0 Å². The maximum Gasteiger partial charge on any atom is 0.262 e. The number of hydrogen-bond acceptors (Lipinski definition) is 5. The minimum absolute atomic E-state index is 0.0983. The number of hydrogen-bond donors (Lipinski definition) is 1. The molecule has 0 saturated carbocycles. The molecule has 1 aliphatic rings. The van der Waals surface area contributed by atoms with Crippen molar-refractivity contribution in [2.75, 3.05) is 18.5 Å². The van der Waals surface area contributed by atoms with Gasteiger partial charge in [0.25, 0.3) is 5.91 Å². The van der Waals surface area contributed by atoms with E-state index in [1.807, 2.05) is 19.9 Å². The van der Waals surface area contributed by atoms with Gasteiger partial charge in [0.2, 0.25) is 0 Å². The first kappa shape index (κ1) is 20.2. The van der Waals surface area contributed by atoms with E-state index < -0.39 is 0 Å². The molecule has 2 aromatic carbocycles. The molecular formula is C21H22BrNO5. The molecule has 1 aliphatic heterocycles. The number of carbonyl (C=O) groups is 2. The maximum absolute atomic E-state index is 12.4. The van der Waals surface area contributed by atoms with E-state index in [9.17, 15) is 9.59 Å². The lowest BCUT2D eigenvalue weighted by molar-refractivity contribution is -0.118. The Labute approximate surface area is 172 Å². The highest BCUT2D eigenvalue weighted by atomic mass is 79.9. The van der Waals surface area contributed by atoms with Crippen molar-refractivity contribution in [2.45, 2.75) is 33.3 Å². The van der Waals surface area contributed by atoms with E-state index in [2.05, 4.69) is 21.2 Å². The zero-order chi connectivity index (χ0) is 20.3. The number of carbonyl (C=O) groups excluding carboxylic acids is 2. The third-order valence-corrected chi connectivity index (χ3v) is 4.75. The summed E-state index contributed by atoms with van der Waals surface area (Å²) < 4.78 is 17.8. The molecule has 1 N–H and O–H groups in total. The second kappa shape index (κ2) is 8.65.